The predicted octanol–water partition coefficient (Wildman–Crippen LogP) is 0.825. The van der Waals surface area contributed by atoms with Crippen molar-refractivity contribution in [1.82, 2.24) is 9.91 Å². The van der Waals surface area contributed by atoms with Gasteiger partial charge in [-0.05, 0) is 5.56 Å². The van der Waals surface area contributed by atoms with Crippen LogP contribution < -0.4 is 0 Å². The van der Waals surface area contributed by atoms with Crippen LogP contribution in [0.15, 0.2) is 35.4 Å². The molecule has 0 spiro atoms. The van der Waals surface area contributed by atoms with E-state index in [0.717, 1.165) is 10.5 Å². The molecule has 0 aliphatic carbocycles. The van der Waals surface area contributed by atoms with Crippen molar-refractivity contribution in [2.24, 2.45) is 5.10 Å². The lowest BCUT2D eigenvalue weighted by atomic mass is 10.2. The minimum atomic E-state index is -0.429. The van der Waals surface area contributed by atoms with Crippen molar-refractivity contribution in [2.75, 3.05) is 13.1 Å². The summed E-state index contributed by atoms with van der Waals surface area (Å²) in [5.41, 5.74) is 0.906. The van der Waals surface area contributed by atoms with Gasteiger partial charge in [0.1, 0.15) is 0 Å². The van der Waals surface area contributed by atoms with Crippen molar-refractivity contribution in [3.63, 3.8) is 0 Å². The zero-order chi connectivity index (χ0) is 11.4. The fourth-order valence-electron chi connectivity index (χ4n) is 1.39. The number of nitrogens with zero attached hydrogens (tertiary/aromatic N) is 3. The number of urea groups is 1. The molecule has 0 unspecified atom stereocenters. The van der Waals surface area contributed by atoms with E-state index in [1.54, 1.807) is 12.6 Å². The Balaban J connectivity index is 2.04. The van der Waals surface area contributed by atoms with Crippen molar-refractivity contribution in [3.05, 3.63) is 35.9 Å². The van der Waals surface area contributed by atoms with Gasteiger partial charge in [-0.25, -0.2) is 9.80 Å². The van der Waals surface area contributed by atoms with Gasteiger partial charge in [0.15, 0.2) is 0 Å². The molecular weight excluding hydrogens is 206 g/mol. The molecule has 0 saturated carbocycles. The Bertz CT molecular complexity index is 416. The lowest BCUT2D eigenvalue weighted by molar-refractivity contribution is 0.206. The molecule has 0 aromatic heterocycles. The van der Waals surface area contributed by atoms with Gasteiger partial charge in [0, 0.05) is 0 Å². The SMILES string of the molecule is O=[C]N1CCN(/N=C/c2ccccc2)C1=O. The quantitative estimate of drug-likeness (QED) is 0.702. The number of carbonyl (C=O) groups is 1. The molecule has 3 amide bonds. The first kappa shape index (κ1) is 10.4. The standard InChI is InChI=1S/C11H10N3O2/c15-9-13-6-7-14(11(13)16)12-8-10-4-2-1-3-5-10/h1-5,8H,6-7H2/b12-8+. The number of imide groups is 1. The molecule has 16 heavy (non-hydrogen) atoms. The Morgan fingerprint density at radius 1 is 1.25 bits per heavy atom. The maximum atomic E-state index is 11.4. The average molecular weight is 216 g/mol. The first-order valence-corrected chi connectivity index (χ1v) is 4.87. The molecule has 1 radical (unpaired) electrons. The van der Waals surface area contributed by atoms with Crippen LogP contribution in [-0.4, -0.2) is 41.7 Å². The van der Waals surface area contributed by atoms with Crippen LogP contribution in [0.25, 0.3) is 0 Å². The van der Waals surface area contributed by atoms with Gasteiger partial charge in [0.05, 0.1) is 19.3 Å². The van der Waals surface area contributed by atoms with Gasteiger partial charge in [0.2, 0.25) is 0 Å². The molecule has 1 aliphatic rings. The highest BCUT2D eigenvalue weighted by atomic mass is 16.2. The van der Waals surface area contributed by atoms with Crippen LogP contribution in [0.4, 0.5) is 4.79 Å². The molecule has 5 nitrogen and oxygen atoms in total. The van der Waals surface area contributed by atoms with E-state index in [2.05, 4.69) is 5.10 Å². The average Bonchev–Trinajstić information content (AvgIpc) is 2.69. The van der Waals surface area contributed by atoms with E-state index in [-0.39, 0.29) is 0 Å². The van der Waals surface area contributed by atoms with Crippen molar-refractivity contribution in [2.45, 2.75) is 0 Å². The summed E-state index contributed by atoms with van der Waals surface area (Å²) >= 11 is 0. The maximum absolute atomic E-state index is 11.4. The summed E-state index contributed by atoms with van der Waals surface area (Å²) in [7, 11) is 0. The maximum Gasteiger partial charge on any atom is 0.347 e. The third-order valence-corrected chi connectivity index (χ3v) is 2.24. The van der Waals surface area contributed by atoms with E-state index >= 15 is 0 Å². The van der Waals surface area contributed by atoms with Crippen molar-refractivity contribution >= 4 is 18.7 Å². The van der Waals surface area contributed by atoms with Crippen molar-refractivity contribution in [1.29, 1.82) is 0 Å². The van der Waals surface area contributed by atoms with Gasteiger partial charge in [-0.1, -0.05) is 30.3 Å². The van der Waals surface area contributed by atoms with E-state index in [1.807, 2.05) is 30.3 Å². The molecule has 0 bridgehead atoms. The van der Waals surface area contributed by atoms with E-state index < -0.39 is 6.03 Å². The number of amides is 3. The van der Waals surface area contributed by atoms with Gasteiger partial charge in [0.25, 0.3) is 0 Å². The molecule has 81 valence electrons. The monoisotopic (exact) mass is 216 g/mol. The van der Waals surface area contributed by atoms with Gasteiger partial charge in [-0.15, -0.1) is 0 Å². The molecule has 1 fully saturated rings. The largest absolute Gasteiger partial charge is 0.347 e. The highest BCUT2D eigenvalue weighted by molar-refractivity contribution is 5.88. The van der Waals surface area contributed by atoms with Crippen molar-refractivity contribution < 1.29 is 9.59 Å². The second kappa shape index (κ2) is 4.57. The van der Waals surface area contributed by atoms with E-state index in [0.29, 0.717) is 13.1 Å². The summed E-state index contributed by atoms with van der Waals surface area (Å²) in [5.74, 6) is 0. The Kier molecular flexibility index (Phi) is 2.95. The lowest BCUT2D eigenvalue weighted by Crippen LogP contribution is -2.27. The Morgan fingerprint density at radius 3 is 2.62 bits per heavy atom. The summed E-state index contributed by atoms with van der Waals surface area (Å²) in [6.07, 6.45) is 3.15. The fraction of sp³-hybridized carbons (Fsp3) is 0.182. The van der Waals surface area contributed by atoms with Crippen LogP contribution >= 0.6 is 0 Å². The Morgan fingerprint density at radius 2 is 2.00 bits per heavy atom. The summed E-state index contributed by atoms with van der Waals surface area (Å²) < 4.78 is 0. The minimum Gasteiger partial charge on any atom is -0.263 e. The molecule has 1 heterocycles. The second-order valence-electron chi connectivity index (χ2n) is 3.30. The zero-order valence-electron chi connectivity index (χ0n) is 8.54. The van der Waals surface area contributed by atoms with E-state index in [4.69, 9.17) is 0 Å². The number of hydrogen-bond donors (Lipinski definition) is 0. The Labute approximate surface area is 93.0 Å². The van der Waals surface area contributed by atoms with Crippen LogP contribution in [0.3, 0.4) is 0 Å². The van der Waals surface area contributed by atoms with Crippen LogP contribution in [0.5, 0.6) is 0 Å². The predicted molar refractivity (Wildman–Crippen MR) is 58.5 cm³/mol. The summed E-state index contributed by atoms with van der Waals surface area (Å²) in [6, 6.07) is 9.02. The van der Waals surface area contributed by atoms with Crippen LogP contribution in [-0.2, 0) is 4.79 Å². The van der Waals surface area contributed by atoms with Gasteiger partial charge in [-0.3, -0.25) is 9.69 Å². The second-order valence-corrected chi connectivity index (χ2v) is 3.30. The normalized spacial score (nSPS) is 16.1. The molecule has 1 aromatic carbocycles. The van der Waals surface area contributed by atoms with E-state index in [1.165, 1.54) is 5.01 Å². The number of rotatable bonds is 3. The third-order valence-electron chi connectivity index (χ3n) is 2.24. The molecule has 0 atom stereocenters. The topological polar surface area (TPSA) is 53.0 Å². The number of hydrogen-bond acceptors (Lipinski definition) is 3. The van der Waals surface area contributed by atoms with Gasteiger partial charge in [-0.2, -0.15) is 5.10 Å². The number of benzene rings is 1. The van der Waals surface area contributed by atoms with Crippen molar-refractivity contribution in [3.8, 4) is 0 Å². The molecule has 0 N–H and O–H groups in total. The van der Waals surface area contributed by atoms with Crippen LogP contribution in [0.2, 0.25) is 0 Å². The van der Waals surface area contributed by atoms with Crippen LogP contribution in [0, 0.1) is 0 Å². The first-order chi connectivity index (χ1) is 7.81. The van der Waals surface area contributed by atoms with E-state index in [9.17, 15) is 9.59 Å². The van der Waals surface area contributed by atoms with Gasteiger partial charge >= 0.3 is 12.4 Å². The summed E-state index contributed by atoms with van der Waals surface area (Å²) in [4.78, 5) is 22.7. The molecular formula is C11H10N3O2. The zero-order valence-corrected chi connectivity index (χ0v) is 8.54. The van der Waals surface area contributed by atoms with Gasteiger partial charge < -0.3 is 0 Å². The fourth-order valence-corrected chi connectivity index (χ4v) is 1.39. The minimum absolute atomic E-state index is 0.342. The highest BCUT2D eigenvalue weighted by Gasteiger charge is 2.28. The molecule has 1 aliphatic heterocycles. The third kappa shape index (κ3) is 2.08. The first-order valence-electron chi connectivity index (χ1n) is 4.87. The lowest BCUT2D eigenvalue weighted by Gasteiger charge is -2.07. The summed E-state index contributed by atoms with van der Waals surface area (Å²) in [5, 5.41) is 5.26. The molecule has 1 aromatic rings. The molecule has 2 rings (SSSR count). The summed E-state index contributed by atoms with van der Waals surface area (Å²) in [6.45, 7) is 0.756. The highest BCUT2D eigenvalue weighted by Crippen LogP contribution is 2.06. The Hall–Kier alpha value is -2.17. The molecule has 1 saturated heterocycles. The van der Waals surface area contributed by atoms with Crippen LogP contribution in [0.1, 0.15) is 5.56 Å². The molecule has 5 heteroatoms. The number of hydrazone groups is 1. The number of carbonyl (C=O) groups excluding carboxylic acids is 2. The smallest absolute Gasteiger partial charge is 0.263 e.